The Morgan fingerprint density at radius 3 is 2.47 bits per heavy atom. The van der Waals surface area contributed by atoms with Crippen molar-refractivity contribution in [3.63, 3.8) is 0 Å². The Morgan fingerprint density at radius 1 is 1.16 bits per heavy atom. The van der Waals surface area contributed by atoms with Crippen LogP contribution in [-0.2, 0) is 9.59 Å². The topological polar surface area (TPSA) is 49.4 Å². The second-order valence-electron chi connectivity index (χ2n) is 6.77. The number of piperazine rings is 1. The standard InChI is InChI=1S/C15H24N2O2/c1-9-3-4-11(7-9)8-17-10(2)14(18)16-13(15(17)19)12-5-6-12/h9-13H,3-8H2,1-2H3,(H,16,18). The van der Waals surface area contributed by atoms with Crippen LogP contribution in [0.25, 0.3) is 0 Å². The monoisotopic (exact) mass is 264 g/mol. The van der Waals surface area contributed by atoms with E-state index in [0.717, 1.165) is 25.3 Å². The molecule has 4 atom stereocenters. The predicted molar refractivity (Wildman–Crippen MR) is 72.3 cm³/mol. The molecule has 19 heavy (non-hydrogen) atoms. The molecular weight excluding hydrogens is 240 g/mol. The molecule has 4 unspecified atom stereocenters. The lowest BCUT2D eigenvalue weighted by Crippen LogP contribution is -2.63. The van der Waals surface area contributed by atoms with Crippen LogP contribution in [0.3, 0.4) is 0 Å². The number of hydrogen-bond donors (Lipinski definition) is 1. The van der Waals surface area contributed by atoms with E-state index in [2.05, 4.69) is 12.2 Å². The van der Waals surface area contributed by atoms with Crippen molar-refractivity contribution in [2.45, 2.75) is 58.0 Å². The molecule has 2 amide bonds. The zero-order chi connectivity index (χ0) is 13.6. The summed E-state index contributed by atoms with van der Waals surface area (Å²) in [6, 6.07) is -0.527. The van der Waals surface area contributed by atoms with Crippen molar-refractivity contribution in [2.75, 3.05) is 6.54 Å². The Balaban J connectivity index is 1.69. The van der Waals surface area contributed by atoms with Gasteiger partial charge in [-0.25, -0.2) is 0 Å². The highest BCUT2D eigenvalue weighted by atomic mass is 16.2. The molecule has 3 fully saturated rings. The lowest BCUT2D eigenvalue weighted by atomic mass is 10.00. The maximum Gasteiger partial charge on any atom is 0.246 e. The molecule has 1 aliphatic heterocycles. The van der Waals surface area contributed by atoms with Crippen LogP contribution < -0.4 is 5.32 Å². The smallest absolute Gasteiger partial charge is 0.246 e. The van der Waals surface area contributed by atoms with Crippen molar-refractivity contribution in [3.8, 4) is 0 Å². The Kier molecular flexibility index (Phi) is 3.27. The second kappa shape index (κ2) is 4.80. The van der Waals surface area contributed by atoms with E-state index in [4.69, 9.17) is 0 Å². The molecule has 0 aromatic carbocycles. The normalized spacial score (nSPS) is 39.6. The van der Waals surface area contributed by atoms with Gasteiger partial charge in [0.2, 0.25) is 11.8 Å². The van der Waals surface area contributed by atoms with Crippen molar-refractivity contribution in [1.29, 1.82) is 0 Å². The third-order valence-electron chi connectivity index (χ3n) is 5.05. The summed E-state index contributed by atoms with van der Waals surface area (Å²) in [5.41, 5.74) is 0. The van der Waals surface area contributed by atoms with Crippen LogP contribution in [0.1, 0.15) is 46.0 Å². The number of amides is 2. The molecule has 0 aromatic rings. The molecule has 1 saturated heterocycles. The van der Waals surface area contributed by atoms with E-state index >= 15 is 0 Å². The SMILES string of the molecule is CC1CCC(CN2C(=O)C(C3CC3)NC(=O)C2C)C1. The summed E-state index contributed by atoms with van der Waals surface area (Å²) in [6.45, 7) is 4.91. The van der Waals surface area contributed by atoms with Gasteiger partial charge in [-0.05, 0) is 50.4 Å². The van der Waals surface area contributed by atoms with Crippen LogP contribution in [-0.4, -0.2) is 35.3 Å². The molecule has 106 valence electrons. The molecule has 4 nitrogen and oxygen atoms in total. The van der Waals surface area contributed by atoms with E-state index in [1.54, 1.807) is 0 Å². The fourth-order valence-electron chi connectivity index (χ4n) is 3.61. The van der Waals surface area contributed by atoms with Crippen molar-refractivity contribution in [3.05, 3.63) is 0 Å². The summed E-state index contributed by atoms with van der Waals surface area (Å²) in [6.07, 6.45) is 5.83. The average Bonchev–Trinajstić information content (AvgIpc) is 3.13. The number of hydrogen-bond acceptors (Lipinski definition) is 2. The van der Waals surface area contributed by atoms with Gasteiger partial charge < -0.3 is 10.2 Å². The minimum absolute atomic E-state index is 0.0301. The van der Waals surface area contributed by atoms with Crippen molar-refractivity contribution in [1.82, 2.24) is 10.2 Å². The Bertz CT molecular complexity index is 392. The van der Waals surface area contributed by atoms with Crippen LogP contribution in [0, 0.1) is 17.8 Å². The van der Waals surface area contributed by atoms with E-state index in [9.17, 15) is 9.59 Å². The predicted octanol–water partition coefficient (Wildman–Crippen LogP) is 1.55. The van der Waals surface area contributed by atoms with E-state index in [-0.39, 0.29) is 23.9 Å². The maximum atomic E-state index is 12.5. The van der Waals surface area contributed by atoms with Crippen LogP contribution in [0.15, 0.2) is 0 Å². The van der Waals surface area contributed by atoms with Crippen LogP contribution in [0.5, 0.6) is 0 Å². The lowest BCUT2D eigenvalue weighted by Gasteiger charge is -2.39. The average molecular weight is 264 g/mol. The van der Waals surface area contributed by atoms with Crippen molar-refractivity contribution < 1.29 is 9.59 Å². The molecule has 0 spiro atoms. The van der Waals surface area contributed by atoms with Crippen LogP contribution in [0.2, 0.25) is 0 Å². The third kappa shape index (κ3) is 2.49. The second-order valence-corrected chi connectivity index (χ2v) is 6.77. The first-order valence-corrected chi connectivity index (χ1v) is 7.67. The number of carbonyl (C=O) groups is 2. The largest absolute Gasteiger partial charge is 0.342 e. The van der Waals surface area contributed by atoms with Crippen LogP contribution >= 0.6 is 0 Å². The van der Waals surface area contributed by atoms with Gasteiger partial charge in [0.05, 0.1) is 0 Å². The number of nitrogens with one attached hydrogen (secondary N) is 1. The molecule has 2 saturated carbocycles. The van der Waals surface area contributed by atoms with Gasteiger partial charge >= 0.3 is 0 Å². The molecule has 1 N–H and O–H groups in total. The van der Waals surface area contributed by atoms with Crippen LogP contribution in [0.4, 0.5) is 0 Å². The molecule has 2 aliphatic carbocycles. The first-order chi connectivity index (χ1) is 9.06. The summed E-state index contributed by atoms with van der Waals surface area (Å²) in [5, 5.41) is 2.91. The lowest BCUT2D eigenvalue weighted by molar-refractivity contribution is -0.149. The van der Waals surface area contributed by atoms with E-state index in [0.29, 0.717) is 11.8 Å². The summed E-state index contributed by atoms with van der Waals surface area (Å²) < 4.78 is 0. The molecule has 1 heterocycles. The van der Waals surface area contributed by atoms with E-state index in [1.807, 2.05) is 11.8 Å². The molecule has 0 bridgehead atoms. The quantitative estimate of drug-likeness (QED) is 0.840. The fraction of sp³-hybridized carbons (Fsp3) is 0.867. The number of nitrogens with zero attached hydrogens (tertiary/aromatic N) is 1. The molecule has 0 radical (unpaired) electrons. The first-order valence-electron chi connectivity index (χ1n) is 7.67. The van der Waals surface area contributed by atoms with Gasteiger partial charge in [0.15, 0.2) is 0 Å². The van der Waals surface area contributed by atoms with Gasteiger partial charge in [-0.3, -0.25) is 9.59 Å². The van der Waals surface area contributed by atoms with Gasteiger partial charge in [-0.1, -0.05) is 13.3 Å². The fourth-order valence-corrected chi connectivity index (χ4v) is 3.61. The van der Waals surface area contributed by atoms with E-state index < -0.39 is 0 Å². The minimum Gasteiger partial charge on any atom is -0.342 e. The van der Waals surface area contributed by atoms with Gasteiger partial charge in [-0.2, -0.15) is 0 Å². The molecule has 4 heteroatoms. The van der Waals surface area contributed by atoms with E-state index in [1.165, 1.54) is 19.3 Å². The minimum atomic E-state index is -0.293. The Morgan fingerprint density at radius 2 is 1.89 bits per heavy atom. The highest BCUT2D eigenvalue weighted by Crippen LogP contribution is 2.36. The maximum absolute atomic E-state index is 12.5. The van der Waals surface area contributed by atoms with Crippen molar-refractivity contribution in [2.24, 2.45) is 17.8 Å². The summed E-state index contributed by atoms with van der Waals surface area (Å²) in [5.74, 6) is 1.95. The zero-order valence-corrected chi connectivity index (χ0v) is 11.9. The first kappa shape index (κ1) is 12.9. The van der Waals surface area contributed by atoms with Gasteiger partial charge in [0, 0.05) is 6.54 Å². The summed E-state index contributed by atoms with van der Waals surface area (Å²) >= 11 is 0. The van der Waals surface area contributed by atoms with Gasteiger partial charge in [0.1, 0.15) is 12.1 Å². The van der Waals surface area contributed by atoms with Gasteiger partial charge in [-0.15, -0.1) is 0 Å². The highest BCUT2D eigenvalue weighted by Gasteiger charge is 2.46. The molecule has 3 aliphatic rings. The molecule has 0 aromatic heterocycles. The summed E-state index contributed by atoms with van der Waals surface area (Å²) in [4.78, 5) is 26.4. The van der Waals surface area contributed by atoms with Crippen molar-refractivity contribution >= 4 is 11.8 Å². The third-order valence-corrected chi connectivity index (χ3v) is 5.05. The molecular formula is C15H24N2O2. The summed E-state index contributed by atoms with van der Waals surface area (Å²) in [7, 11) is 0. The zero-order valence-electron chi connectivity index (χ0n) is 11.9. The Labute approximate surface area is 114 Å². The molecule has 3 rings (SSSR count). The highest BCUT2D eigenvalue weighted by molar-refractivity contribution is 5.97. The van der Waals surface area contributed by atoms with Gasteiger partial charge in [0.25, 0.3) is 0 Å². The number of carbonyl (C=O) groups excluding carboxylic acids is 2. The number of rotatable bonds is 3. The Hall–Kier alpha value is -1.06.